The smallest absolute Gasteiger partial charge is 0.251 e. The number of hydrogen-bond acceptors (Lipinski definition) is 3. The van der Waals surface area contributed by atoms with Crippen LogP contribution in [-0.4, -0.2) is 41.8 Å². The summed E-state index contributed by atoms with van der Waals surface area (Å²) in [6, 6.07) is 24.4. The molecule has 6 heteroatoms. The first kappa shape index (κ1) is 24.2. The highest BCUT2D eigenvalue weighted by Gasteiger charge is 2.29. The highest BCUT2D eigenvalue weighted by atomic mass is 16.2. The number of rotatable bonds is 7. The van der Waals surface area contributed by atoms with Crippen molar-refractivity contribution in [3.8, 4) is 11.1 Å². The normalized spacial score (nSPS) is 15.9. The summed E-state index contributed by atoms with van der Waals surface area (Å²) in [5.41, 5.74) is 4.46. The molecule has 1 fully saturated rings. The van der Waals surface area contributed by atoms with E-state index in [9.17, 15) is 14.4 Å². The zero-order chi connectivity index (χ0) is 24.6. The van der Waals surface area contributed by atoms with Gasteiger partial charge in [-0.15, -0.1) is 0 Å². The van der Waals surface area contributed by atoms with Gasteiger partial charge < -0.3 is 15.5 Å². The van der Waals surface area contributed by atoms with Gasteiger partial charge in [-0.2, -0.15) is 0 Å². The van der Waals surface area contributed by atoms with E-state index < -0.39 is 6.04 Å². The molecule has 1 atom stereocenters. The predicted octanol–water partition coefficient (Wildman–Crippen LogP) is 4.67. The van der Waals surface area contributed by atoms with E-state index in [2.05, 4.69) is 17.6 Å². The van der Waals surface area contributed by atoms with Crippen LogP contribution in [0, 0.1) is 0 Å². The second-order valence-electron chi connectivity index (χ2n) is 8.83. The van der Waals surface area contributed by atoms with Gasteiger partial charge in [0.15, 0.2) is 0 Å². The first-order valence-electron chi connectivity index (χ1n) is 12.2. The summed E-state index contributed by atoms with van der Waals surface area (Å²) in [6.45, 7) is 2.52. The molecule has 35 heavy (non-hydrogen) atoms. The van der Waals surface area contributed by atoms with Gasteiger partial charge in [-0.3, -0.25) is 14.4 Å². The minimum Gasteiger partial charge on any atom is -0.340 e. The SMILES string of the molecule is CCc1cccc(NC(=O)CN2CCCCC(NC(=O)c3ccc(-c4ccccc4)cc3)C2=O)c1. The zero-order valence-corrected chi connectivity index (χ0v) is 20.0. The first-order valence-corrected chi connectivity index (χ1v) is 12.2. The van der Waals surface area contributed by atoms with Gasteiger partial charge in [-0.1, -0.05) is 61.5 Å². The van der Waals surface area contributed by atoms with Gasteiger partial charge in [0.25, 0.3) is 5.91 Å². The number of nitrogens with zero attached hydrogens (tertiary/aromatic N) is 1. The number of anilines is 1. The second kappa shape index (κ2) is 11.5. The van der Waals surface area contributed by atoms with Crippen LogP contribution in [0.1, 0.15) is 42.1 Å². The summed E-state index contributed by atoms with van der Waals surface area (Å²) in [5, 5.41) is 5.78. The fourth-order valence-corrected chi connectivity index (χ4v) is 4.33. The van der Waals surface area contributed by atoms with Crippen molar-refractivity contribution in [2.75, 3.05) is 18.4 Å². The fraction of sp³-hybridized carbons (Fsp3) is 0.276. The molecular formula is C29H31N3O3. The van der Waals surface area contributed by atoms with Crippen molar-refractivity contribution in [3.05, 3.63) is 90.0 Å². The Hall–Kier alpha value is -3.93. The second-order valence-corrected chi connectivity index (χ2v) is 8.83. The predicted molar refractivity (Wildman–Crippen MR) is 138 cm³/mol. The molecular weight excluding hydrogens is 438 g/mol. The fourth-order valence-electron chi connectivity index (χ4n) is 4.33. The van der Waals surface area contributed by atoms with Gasteiger partial charge in [0, 0.05) is 17.8 Å². The number of nitrogens with one attached hydrogen (secondary N) is 2. The summed E-state index contributed by atoms with van der Waals surface area (Å²) in [7, 11) is 0. The van der Waals surface area contributed by atoms with E-state index in [1.807, 2.05) is 66.7 Å². The molecule has 1 heterocycles. The Balaban J connectivity index is 1.37. The average Bonchev–Trinajstić information content (AvgIpc) is 3.05. The topological polar surface area (TPSA) is 78.5 Å². The molecule has 0 aliphatic carbocycles. The van der Waals surface area contributed by atoms with E-state index in [4.69, 9.17) is 0 Å². The van der Waals surface area contributed by atoms with Gasteiger partial charge in [0.05, 0.1) is 6.54 Å². The average molecular weight is 470 g/mol. The monoisotopic (exact) mass is 469 g/mol. The maximum Gasteiger partial charge on any atom is 0.251 e. The van der Waals surface area contributed by atoms with Gasteiger partial charge in [-0.25, -0.2) is 0 Å². The molecule has 1 aliphatic rings. The summed E-state index contributed by atoms with van der Waals surface area (Å²) >= 11 is 0. The molecule has 1 aliphatic heterocycles. The van der Waals surface area contributed by atoms with Gasteiger partial charge >= 0.3 is 0 Å². The molecule has 3 aromatic carbocycles. The molecule has 180 valence electrons. The van der Waals surface area contributed by atoms with Crippen LogP contribution in [0.4, 0.5) is 5.69 Å². The van der Waals surface area contributed by atoms with Crippen LogP contribution in [0.5, 0.6) is 0 Å². The lowest BCUT2D eigenvalue weighted by Gasteiger charge is -2.24. The van der Waals surface area contributed by atoms with Crippen LogP contribution in [-0.2, 0) is 16.0 Å². The van der Waals surface area contributed by atoms with Crippen molar-refractivity contribution in [1.82, 2.24) is 10.2 Å². The minimum absolute atomic E-state index is 0.0344. The molecule has 0 aromatic heterocycles. The largest absolute Gasteiger partial charge is 0.340 e. The first-order chi connectivity index (χ1) is 17.0. The van der Waals surface area contributed by atoms with Crippen molar-refractivity contribution in [1.29, 1.82) is 0 Å². The Morgan fingerprint density at radius 2 is 1.66 bits per heavy atom. The van der Waals surface area contributed by atoms with Crippen molar-refractivity contribution in [2.24, 2.45) is 0 Å². The highest BCUT2D eigenvalue weighted by molar-refractivity contribution is 5.99. The lowest BCUT2D eigenvalue weighted by molar-refractivity contribution is -0.135. The van der Waals surface area contributed by atoms with E-state index in [0.29, 0.717) is 18.5 Å². The van der Waals surface area contributed by atoms with Crippen LogP contribution in [0.2, 0.25) is 0 Å². The van der Waals surface area contributed by atoms with Crippen LogP contribution in [0.3, 0.4) is 0 Å². The number of hydrogen-bond donors (Lipinski definition) is 2. The number of carbonyl (C=O) groups excluding carboxylic acids is 3. The summed E-state index contributed by atoms with van der Waals surface area (Å²) < 4.78 is 0. The molecule has 0 saturated carbocycles. The van der Waals surface area contributed by atoms with E-state index in [0.717, 1.165) is 41.6 Å². The third-order valence-electron chi connectivity index (χ3n) is 6.29. The molecule has 6 nitrogen and oxygen atoms in total. The van der Waals surface area contributed by atoms with Gasteiger partial charge in [-0.05, 0) is 66.6 Å². The molecule has 3 amide bonds. The zero-order valence-electron chi connectivity index (χ0n) is 20.0. The Labute approximate surface area is 206 Å². The number of aryl methyl sites for hydroxylation is 1. The lowest BCUT2D eigenvalue weighted by Crippen LogP contribution is -2.49. The van der Waals surface area contributed by atoms with Crippen LogP contribution in [0.25, 0.3) is 11.1 Å². The summed E-state index contributed by atoms with van der Waals surface area (Å²) in [6.07, 6.45) is 3.04. The Bertz CT molecular complexity index is 1180. The number of amides is 3. The van der Waals surface area contributed by atoms with E-state index in [1.165, 1.54) is 0 Å². The maximum atomic E-state index is 13.2. The van der Waals surface area contributed by atoms with Crippen LogP contribution in [0.15, 0.2) is 78.9 Å². The Morgan fingerprint density at radius 3 is 2.40 bits per heavy atom. The molecule has 4 rings (SSSR count). The maximum absolute atomic E-state index is 13.2. The van der Waals surface area contributed by atoms with Crippen molar-refractivity contribution in [2.45, 2.75) is 38.6 Å². The minimum atomic E-state index is -0.644. The standard InChI is InChI=1S/C29H31N3O3/c1-2-21-9-8-12-25(19-21)30-27(33)20-32-18-7-6-13-26(29(32)35)31-28(34)24-16-14-23(15-17-24)22-10-4-3-5-11-22/h3-5,8-12,14-17,19,26H,2,6-7,13,18,20H2,1H3,(H,30,33)(H,31,34). The quantitative estimate of drug-likeness (QED) is 0.528. The van der Waals surface area contributed by atoms with E-state index in [-0.39, 0.29) is 24.3 Å². The van der Waals surface area contributed by atoms with Crippen molar-refractivity contribution < 1.29 is 14.4 Å². The van der Waals surface area contributed by atoms with Crippen LogP contribution < -0.4 is 10.6 Å². The Kier molecular flexibility index (Phi) is 7.93. The van der Waals surface area contributed by atoms with Crippen LogP contribution >= 0.6 is 0 Å². The molecule has 0 bridgehead atoms. The molecule has 0 radical (unpaired) electrons. The van der Waals surface area contributed by atoms with E-state index >= 15 is 0 Å². The number of carbonyl (C=O) groups is 3. The third kappa shape index (κ3) is 6.35. The molecule has 1 saturated heterocycles. The van der Waals surface area contributed by atoms with E-state index in [1.54, 1.807) is 17.0 Å². The van der Waals surface area contributed by atoms with Gasteiger partial charge in [0.2, 0.25) is 11.8 Å². The van der Waals surface area contributed by atoms with Crippen molar-refractivity contribution >= 4 is 23.4 Å². The number of benzene rings is 3. The third-order valence-corrected chi connectivity index (χ3v) is 6.29. The van der Waals surface area contributed by atoms with Gasteiger partial charge in [0.1, 0.15) is 6.04 Å². The Morgan fingerprint density at radius 1 is 0.914 bits per heavy atom. The highest BCUT2D eigenvalue weighted by Crippen LogP contribution is 2.20. The lowest BCUT2D eigenvalue weighted by atomic mass is 10.0. The van der Waals surface area contributed by atoms with Crippen molar-refractivity contribution in [3.63, 3.8) is 0 Å². The summed E-state index contributed by atoms with van der Waals surface area (Å²) in [5.74, 6) is -0.741. The molecule has 1 unspecified atom stereocenters. The summed E-state index contributed by atoms with van der Waals surface area (Å²) in [4.78, 5) is 40.3. The molecule has 2 N–H and O–H groups in total. The molecule has 3 aromatic rings. The number of likely N-dealkylation sites (tertiary alicyclic amines) is 1. The molecule has 0 spiro atoms.